The SMILES string of the molecule is C[C@@H]1[C@H](C(=O)O)CCCN1C(=O)c1ccc(-c2ccccc2Cl)o1. The number of halogens is 1. The Bertz CT molecular complexity index is 770. The molecule has 0 aliphatic carbocycles. The fourth-order valence-electron chi connectivity index (χ4n) is 3.16. The molecule has 2 heterocycles. The molecule has 1 aliphatic heterocycles. The van der Waals surface area contributed by atoms with E-state index in [1.165, 1.54) is 0 Å². The Labute approximate surface area is 144 Å². The summed E-state index contributed by atoms with van der Waals surface area (Å²) >= 11 is 6.15. The maximum absolute atomic E-state index is 12.7. The van der Waals surface area contributed by atoms with Crippen LogP contribution in [0.2, 0.25) is 5.02 Å². The van der Waals surface area contributed by atoms with Gasteiger partial charge in [0.2, 0.25) is 0 Å². The fourth-order valence-corrected chi connectivity index (χ4v) is 3.39. The van der Waals surface area contributed by atoms with Crippen LogP contribution in [0.5, 0.6) is 0 Å². The largest absolute Gasteiger partial charge is 0.481 e. The summed E-state index contributed by atoms with van der Waals surface area (Å²) in [6, 6.07) is 10.2. The summed E-state index contributed by atoms with van der Waals surface area (Å²) in [6.45, 7) is 2.31. The fraction of sp³-hybridized carbons (Fsp3) is 0.333. The zero-order valence-corrected chi connectivity index (χ0v) is 14.0. The number of hydrogen-bond donors (Lipinski definition) is 1. The Morgan fingerprint density at radius 3 is 2.71 bits per heavy atom. The number of carbonyl (C=O) groups is 2. The predicted molar refractivity (Wildman–Crippen MR) is 90.0 cm³/mol. The summed E-state index contributed by atoms with van der Waals surface area (Å²) in [5.74, 6) is -0.977. The Hall–Kier alpha value is -2.27. The van der Waals surface area contributed by atoms with E-state index in [2.05, 4.69) is 0 Å². The molecular weight excluding hydrogens is 330 g/mol. The summed E-state index contributed by atoms with van der Waals surface area (Å²) in [4.78, 5) is 25.6. The first-order valence-electron chi connectivity index (χ1n) is 7.87. The second-order valence-corrected chi connectivity index (χ2v) is 6.38. The number of amides is 1. The van der Waals surface area contributed by atoms with Crippen LogP contribution in [0.3, 0.4) is 0 Å². The van der Waals surface area contributed by atoms with E-state index in [1.54, 1.807) is 30.0 Å². The van der Waals surface area contributed by atoms with E-state index >= 15 is 0 Å². The zero-order chi connectivity index (χ0) is 17.3. The molecule has 5 nitrogen and oxygen atoms in total. The van der Waals surface area contributed by atoms with Gasteiger partial charge in [0, 0.05) is 18.2 Å². The van der Waals surface area contributed by atoms with Crippen LogP contribution in [0.1, 0.15) is 30.3 Å². The number of carboxylic acid groups (broad SMARTS) is 1. The van der Waals surface area contributed by atoms with Crippen molar-refractivity contribution in [2.24, 2.45) is 5.92 Å². The summed E-state index contributed by atoms with van der Waals surface area (Å²) < 4.78 is 5.69. The van der Waals surface area contributed by atoms with Crippen molar-refractivity contribution < 1.29 is 19.1 Å². The monoisotopic (exact) mass is 347 g/mol. The van der Waals surface area contributed by atoms with Gasteiger partial charge in [0.25, 0.3) is 5.91 Å². The van der Waals surface area contributed by atoms with Crippen LogP contribution in [0.4, 0.5) is 0 Å². The van der Waals surface area contributed by atoms with Crippen LogP contribution < -0.4 is 0 Å². The first kappa shape index (κ1) is 16.6. The molecule has 126 valence electrons. The van der Waals surface area contributed by atoms with Gasteiger partial charge in [-0.15, -0.1) is 0 Å². The van der Waals surface area contributed by atoms with Crippen LogP contribution in [-0.2, 0) is 4.79 Å². The van der Waals surface area contributed by atoms with Crippen LogP contribution in [0, 0.1) is 5.92 Å². The molecule has 2 atom stereocenters. The number of hydrogen-bond acceptors (Lipinski definition) is 3. The third-order valence-corrected chi connectivity index (χ3v) is 4.85. The van der Waals surface area contributed by atoms with E-state index in [0.29, 0.717) is 35.7 Å². The van der Waals surface area contributed by atoms with E-state index in [-0.39, 0.29) is 17.7 Å². The third-order valence-electron chi connectivity index (χ3n) is 4.52. The maximum Gasteiger partial charge on any atom is 0.308 e. The number of carbonyl (C=O) groups excluding carboxylic acids is 1. The second kappa shape index (κ2) is 6.69. The lowest BCUT2D eigenvalue weighted by Gasteiger charge is -2.36. The van der Waals surface area contributed by atoms with Crippen molar-refractivity contribution in [3.05, 3.63) is 47.2 Å². The number of rotatable bonds is 3. The highest BCUT2D eigenvalue weighted by atomic mass is 35.5. The number of carboxylic acids is 1. The molecule has 1 aromatic heterocycles. The number of piperidine rings is 1. The average molecular weight is 348 g/mol. The number of furan rings is 1. The Balaban J connectivity index is 1.84. The average Bonchev–Trinajstić information content (AvgIpc) is 3.04. The molecule has 3 rings (SSSR count). The molecule has 1 aromatic carbocycles. The first-order valence-corrected chi connectivity index (χ1v) is 8.25. The van der Waals surface area contributed by atoms with Crippen LogP contribution in [0.15, 0.2) is 40.8 Å². The van der Waals surface area contributed by atoms with Gasteiger partial charge in [-0.3, -0.25) is 9.59 Å². The molecule has 0 spiro atoms. The standard InChI is InChI=1S/C18H18ClNO4/c1-11-12(18(22)23)6-4-10-20(11)17(21)16-9-8-15(24-16)13-5-2-3-7-14(13)19/h2-3,5,7-9,11-12H,4,6,10H2,1H3,(H,22,23)/t11-,12-/m1/s1. The Morgan fingerprint density at radius 2 is 2.00 bits per heavy atom. The minimum absolute atomic E-state index is 0.197. The Morgan fingerprint density at radius 1 is 1.25 bits per heavy atom. The lowest BCUT2D eigenvalue weighted by molar-refractivity contribution is -0.145. The number of aliphatic carboxylic acids is 1. The summed E-state index contributed by atoms with van der Waals surface area (Å²) in [5, 5.41) is 9.83. The van der Waals surface area contributed by atoms with Gasteiger partial charge in [0.1, 0.15) is 5.76 Å². The van der Waals surface area contributed by atoms with Crippen LogP contribution in [0.25, 0.3) is 11.3 Å². The van der Waals surface area contributed by atoms with Crippen molar-refractivity contribution in [1.29, 1.82) is 0 Å². The molecule has 2 aromatic rings. The Kier molecular flexibility index (Phi) is 4.62. The smallest absolute Gasteiger partial charge is 0.308 e. The van der Waals surface area contributed by atoms with Gasteiger partial charge < -0.3 is 14.4 Å². The predicted octanol–water partition coefficient (Wildman–Crippen LogP) is 3.93. The van der Waals surface area contributed by atoms with Gasteiger partial charge >= 0.3 is 5.97 Å². The lowest BCUT2D eigenvalue weighted by atomic mass is 9.90. The quantitative estimate of drug-likeness (QED) is 0.913. The summed E-state index contributed by atoms with van der Waals surface area (Å²) in [7, 11) is 0. The van der Waals surface area contributed by atoms with Crippen molar-refractivity contribution in [1.82, 2.24) is 4.90 Å². The van der Waals surface area contributed by atoms with Gasteiger partial charge in [-0.05, 0) is 44.0 Å². The van der Waals surface area contributed by atoms with Crippen LogP contribution in [-0.4, -0.2) is 34.5 Å². The normalized spacial score (nSPS) is 20.8. The molecule has 0 saturated carbocycles. The highest BCUT2D eigenvalue weighted by Gasteiger charge is 2.36. The van der Waals surface area contributed by atoms with Gasteiger partial charge in [-0.1, -0.05) is 23.7 Å². The lowest BCUT2D eigenvalue weighted by Crippen LogP contribution is -2.49. The van der Waals surface area contributed by atoms with Crippen molar-refractivity contribution in [3.8, 4) is 11.3 Å². The maximum atomic E-state index is 12.7. The second-order valence-electron chi connectivity index (χ2n) is 5.97. The van der Waals surface area contributed by atoms with E-state index in [4.69, 9.17) is 16.0 Å². The summed E-state index contributed by atoms with van der Waals surface area (Å²) in [6.07, 6.45) is 1.26. The van der Waals surface area contributed by atoms with Crippen molar-refractivity contribution in [2.75, 3.05) is 6.54 Å². The van der Waals surface area contributed by atoms with Crippen molar-refractivity contribution >= 4 is 23.5 Å². The first-order chi connectivity index (χ1) is 11.5. The van der Waals surface area contributed by atoms with Crippen molar-refractivity contribution in [2.45, 2.75) is 25.8 Å². The van der Waals surface area contributed by atoms with E-state index in [1.807, 2.05) is 18.2 Å². The van der Waals surface area contributed by atoms with Gasteiger partial charge in [0.15, 0.2) is 5.76 Å². The molecule has 1 amide bonds. The molecule has 1 saturated heterocycles. The molecule has 24 heavy (non-hydrogen) atoms. The molecule has 0 radical (unpaired) electrons. The van der Waals surface area contributed by atoms with Crippen LogP contribution >= 0.6 is 11.6 Å². The molecule has 0 unspecified atom stereocenters. The van der Waals surface area contributed by atoms with Gasteiger partial charge in [-0.25, -0.2) is 0 Å². The minimum Gasteiger partial charge on any atom is -0.481 e. The topological polar surface area (TPSA) is 70.8 Å². The van der Waals surface area contributed by atoms with E-state index in [9.17, 15) is 14.7 Å². The summed E-state index contributed by atoms with van der Waals surface area (Å²) in [5.41, 5.74) is 0.716. The van der Waals surface area contributed by atoms with Gasteiger partial charge in [-0.2, -0.15) is 0 Å². The molecule has 1 N–H and O–H groups in total. The zero-order valence-electron chi connectivity index (χ0n) is 13.2. The highest BCUT2D eigenvalue weighted by molar-refractivity contribution is 6.33. The third kappa shape index (κ3) is 3.04. The molecule has 6 heteroatoms. The van der Waals surface area contributed by atoms with E-state index < -0.39 is 11.9 Å². The number of nitrogens with zero attached hydrogens (tertiary/aromatic N) is 1. The molecular formula is C18H18ClNO4. The van der Waals surface area contributed by atoms with Gasteiger partial charge in [0.05, 0.1) is 10.9 Å². The molecule has 1 aliphatic rings. The van der Waals surface area contributed by atoms with Crippen molar-refractivity contribution in [3.63, 3.8) is 0 Å². The molecule has 0 bridgehead atoms. The minimum atomic E-state index is -0.865. The highest BCUT2D eigenvalue weighted by Crippen LogP contribution is 2.31. The van der Waals surface area contributed by atoms with E-state index in [0.717, 1.165) is 0 Å². The molecule has 1 fully saturated rings. The number of benzene rings is 1. The number of likely N-dealkylation sites (tertiary alicyclic amines) is 1.